The molecule has 1 amide bonds. The zero-order valence-corrected chi connectivity index (χ0v) is 9.94. The number of rotatable bonds is 6. The highest BCUT2D eigenvalue weighted by molar-refractivity contribution is 5.81. The third-order valence-corrected chi connectivity index (χ3v) is 2.41. The molecule has 3 N–H and O–H groups in total. The van der Waals surface area contributed by atoms with Crippen molar-refractivity contribution in [3.8, 4) is 0 Å². The average Bonchev–Trinajstić information content (AvgIpc) is 2.64. The van der Waals surface area contributed by atoms with Gasteiger partial charge in [0.2, 0.25) is 5.91 Å². The first-order chi connectivity index (χ1) is 7.63. The highest BCUT2D eigenvalue weighted by Crippen LogP contribution is 1.97. The molecular formula is C11H20N4O. The molecule has 90 valence electrons. The van der Waals surface area contributed by atoms with Crippen LogP contribution in [-0.4, -0.2) is 28.3 Å². The van der Waals surface area contributed by atoms with Crippen LogP contribution in [0.2, 0.25) is 0 Å². The smallest absolute Gasteiger partial charge is 0.236 e. The standard InChI is InChI=1S/C11H20N4O/c1-3-4-10(12)11(16)13-6-5-9-7-14-15(2)8-9/h7-8,10H,3-6,12H2,1-2H3,(H,13,16). The maximum absolute atomic E-state index is 11.5. The Kier molecular flexibility index (Phi) is 4.98. The maximum atomic E-state index is 11.5. The van der Waals surface area contributed by atoms with Crippen molar-refractivity contribution in [1.82, 2.24) is 15.1 Å². The van der Waals surface area contributed by atoms with Crippen LogP contribution in [0, 0.1) is 0 Å². The number of amides is 1. The summed E-state index contributed by atoms with van der Waals surface area (Å²) in [5.74, 6) is -0.0641. The zero-order valence-electron chi connectivity index (χ0n) is 9.94. The van der Waals surface area contributed by atoms with Crippen LogP contribution in [-0.2, 0) is 18.3 Å². The molecule has 0 aliphatic carbocycles. The summed E-state index contributed by atoms with van der Waals surface area (Å²) in [5.41, 5.74) is 6.80. The van der Waals surface area contributed by atoms with E-state index >= 15 is 0 Å². The van der Waals surface area contributed by atoms with E-state index in [0.717, 1.165) is 24.8 Å². The van der Waals surface area contributed by atoms with E-state index in [1.165, 1.54) is 0 Å². The molecule has 0 saturated heterocycles. The summed E-state index contributed by atoms with van der Waals surface area (Å²) in [6.45, 7) is 2.63. The molecule has 0 aliphatic heterocycles. The van der Waals surface area contributed by atoms with Crippen LogP contribution in [0.15, 0.2) is 12.4 Å². The second-order valence-electron chi connectivity index (χ2n) is 3.96. The molecule has 0 fully saturated rings. The molecule has 0 radical (unpaired) electrons. The average molecular weight is 224 g/mol. The fraction of sp³-hybridized carbons (Fsp3) is 0.636. The predicted molar refractivity (Wildman–Crippen MR) is 62.8 cm³/mol. The monoisotopic (exact) mass is 224 g/mol. The summed E-state index contributed by atoms with van der Waals surface area (Å²) in [6.07, 6.45) is 6.20. The van der Waals surface area contributed by atoms with E-state index in [-0.39, 0.29) is 11.9 Å². The number of nitrogens with zero attached hydrogens (tertiary/aromatic N) is 2. The first-order valence-electron chi connectivity index (χ1n) is 5.64. The number of hydrogen-bond acceptors (Lipinski definition) is 3. The Morgan fingerprint density at radius 3 is 3.00 bits per heavy atom. The molecule has 16 heavy (non-hydrogen) atoms. The number of aromatic nitrogens is 2. The molecule has 1 heterocycles. The molecular weight excluding hydrogens is 204 g/mol. The molecule has 5 nitrogen and oxygen atoms in total. The second kappa shape index (κ2) is 6.27. The minimum atomic E-state index is -0.376. The summed E-state index contributed by atoms with van der Waals surface area (Å²) >= 11 is 0. The normalized spacial score (nSPS) is 12.4. The molecule has 0 spiro atoms. The van der Waals surface area contributed by atoms with Crippen molar-refractivity contribution < 1.29 is 4.79 Å². The number of nitrogens with two attached hydrogens (primary N) is 1. The van der Waals surface area contributed by atoms with Gasteiger partial charge in [-0.15, -0.1) is 0 Å². The van der Waals surface area contributed by atoms with E-state index in [1.807, 2.05) is 20.2 Å². The van der Waals surface area contributed by atoms with Crippen molar-refractivity contribution in [1.29, 1.82) is 0 Å². The Bertz CT molecular complexity index is 334. The molecule has 0 aromatic carbocycles. The minimum Gasteiger partial charge on any atom is -0.354 e. The van der Waals surface area contributed by atoms with Crippen LogP contribution in [0.5, 0.6) is 0 Å². The van der Waals surface area contributed by atoms with E-state index in [2.05, 4.69) is 10.4 Å². The first kappa shape index (κ1) is 12.7. The molecule has 1 atom stereocenters. The lowest BCUT2D eigenvalue weighted by molar-refractivity contribution is -0.122. The van der Waals surface area contributed by atoms with E-state index in [4.69, 9.17) is 5.73 Å². The molecule has 1 rings (SSSR count). The minimum absolute atomic E-state index is 0.0641. The number of carbonyl (C=O) groups is 1. The van der Waals surface area contributed by atoms with Gasteiger partial charge in [-0.25, -0.2) is 0 Å². The highest BCUT2D eigenvalue weighted by atomic mass is 16.2. The predicted octanol–water partition coefficient (Wildman–Crippen LogP) is 0.206. The van der Waals surface area contributed by atoms with Gasteiger partial charge < -0.3 is 11.1 Å². The quantitative estimate of drug-likeness (QED) is 0.725. The molecule has 1 unspecified atom stereocenters. The van der Waals surface area contributed by atoms with Gasteiger partial charge in [-0.3, -0.25) is 9.48 Å². The molecule has 1 aromatic heterocycles. The van der Waals surface area contributed by atoms with Gasteiger partial charge in [0.25, 0.3) is 0 Å². The van der Waals surface area contributed by atoms with Crippen LogP contribution >= 0.6 is 0 Å². The molecule has 0 bridgehead atoms. The Morgan fingerprint density at radius 2 is 2.44 bits per heavy atom. The van der Waals surface area contributed by atoms with Crippen LogP contribution < -0.4 is 11.1 Å². The zero-order chi connectivity index (χ0) is 12.0. The Balaban J connectivity index is 2.22. The first-order valence-corrected chi connectivity index (χ1v) is 5.64. The fourth-order valence-electron chi connectivity index (χ4n) is 1.50. The van der Waals surface area contributed by atoms with Crippen LogP contribution in [0.4, 0.5) is 0 Å². The summed E-state index contributed by atoms with van der Waals surface area (Å²) in [5, 5.41) is 6.88. The van der Waals surface area contributed by atoms with Crippen molar-refractivity contribution in [2.75, 3.05) is 6.54 Å². The molecule has 5 heteroatoms. The van der Waals surface area contributed by atoms with E-state index < -0.39 is 0 Å². The van der Waals surface area contributed by atoms with Crippen LogP contribution in [0.1, 0.15) is 25.3 Å². The highest BCUT2D eigenvalue weighted by Gasteiger charge is 2.10. The summed E-state index contributed by atoms with van der Waals surface area (Å²) in [7, 11) is 1.87. The van der Waals surface area contributed by atoms with Crippen LogP contribution in [0.3, 0.4) is 0 Å². The van der Waals surface area contributed by atoms with Gasteiger partial charge in [-0.2, -0.15) is 5.10 Å². The topological polar surface area (TPSA) is 72.9 Å². The maximum Gasteiger partial charge on any atom is 0.236 e. The molecule has 0 aliphatic rings. The van der Waals surface area contributed by atoms with Gasteiger partial charge >= 0.3 is 0 Å². The van der Waals surface area contributed by atoms with Gasteiger partial charge in [-0.1, -0.05) is 13.3 Å². The Hall–Kier alpha value is -1.36. The van der Waals surface area contributed by atoms with E-state index in [1.54, 1.807) is 10.9 Å². The molecule has 1 aromatic rings. The summed E-state index contributed by atoms with van der Waals surface area (Å²) < 4.78 is 1.75. The SMILES string of the molecule is CCCC(N)C(=O)NCCc1cnn(C)c1. The van der Waals surface area contributed by atoms with Gasteiger partial charge in [0.15, 0.2) is 0 Å². The van der Waals surface area contributed by atoms with Crippen molar-refractivity contribution >= 4 is 5.91 Å². The van der Waals surface area contributed by atoms with Crippen molar-refractivity contribution in [2.45, 2.75) is 32.2 Å². The lowest BCUT2D eigenvalue weighted by Crippen LogP contribution is -2.41. The lowest BCUT2D eigenvalue weighted by atomic mass is 10.1. The van der Waals surface area contributed by atoms with Gasteiger partial charge in [0.05, 0.1) is 12.2 Å². The van der Waals surface area contributed by atoms with Gasteiger partial charge in [0, 0.05) is 19.8 Å². The Labute approximate surface area is 96.0 Å². The largest absolute Gasteiger partial charge is 0.354 e. The number of carbonyl (C=O) groups excluding carboxylic acids is 1. The van der Waals surface area contributed by atoms with Gasteiger partial charge in [0.1, 0.15) is 0 Å². The molecule has 0 saturated carbocycles. The number of hydrogen-bond donors (Lipinski definition) is 2. The van der Waals surface area contributed by atoms with Crippen molar-refractivity contribution in [3.63, 3.8) is 0 Å². The Morgan fingerprint density at radius 1 is 1.69 bits per heavy atom. The van der Waals surface area contributed by atoms with Crippen molar-refractivity contribution in [2.24, 2.45) is 12.8 Å². The number of nitrogens with one attached hydrogen (secondary N) is 1. The van der Waals surface area contributed by atoms with E-state index in [9.17, 15) is 4.79 Å². The second-order valence-corrected chi connectivity index (χ2v) is 3.96. The third kappa shape index (κ3) is 4.02. The fourth-order valence-corrected chi connectivity index (χ4v) is 1.50. The van der Waals surface area contributed by atoms with Gasteiger partial charge in [-0.05, 0) is 18.4 Å². The summed E-state index contributed by atoms with van der Waals surface area (Å²) in [4.78, 5) is 11.5. The van der Waals surface area contributed by atoms with E-state index in [0.29, 0.717) is 6.54 Å². The lowest BCUT2D eigenvalue weighted by Gasteiger charge is -2.10. The number of aryl methyl sites for hydroxylation is 1. The van der Waals surface area contributed by atoms with Crippen molar-refractivity contribution in [3.05, 3.63) is 18.0 Å². The van der Waals surface area contributed by atoms with Crippen LogP contribution in [0.25, 0.3) is 0 Å². The third-order valence-electron chi connectivity index (χ3n) is 2.41. The summed E-state index contributed by atoms with van der Waals surface area (Å²) in [6, 6.07) is -0.376.